The van der Waals surface area contributed by atoms with Crippen LogP contribution in [0.15, 0.2) is 18.2 Å². The van der Waals surface area contributed by atoms with Crippen molar-refractivity contribution in [1.29, 1.82) is 0 Å². The van der Waals surface area contributed by atoms with E-state index in [1.807, 2.05) is 18.2 Å². The van der Waals surface area contributed by atoms with Gasteiger partial charge in [-0.3, -0.25) is 0 Å². The van der Waals surface area contributed by atoms with Crippen LogP contribution in [-0.2, 0) is 4.74 Å². The maximum Gasteiger partial charge on any atom is 0.345 e. The zero-order valence-electron chi connectivity index (χ0n) is 28.2. The minimum atomic E-state index is -0.392. The molecule has 244 valence electrons. The zero-order chi connectivity index (χ0) is 30.4. The van der Waals surface area contributed by atoms with E-state index >= 15 is 0 Å². The fourth-order valence-corrected chi connectivity index (χ4v) is 5.66. The molecule has 0 unspecified atom stereocenters. The Hall–Kier alpha value is -1.71. The SMILES string of the molecule is CCCCCCCCCCCCCCCOc1cccc(OCCCCCCCCCCCCCCC)c1C(=O)OC. The molecule has 0 saturated carbocycles. The van der Waals surface area contributed by atoms with E-state index < -0.39 is 5.97 Å². The number of carbonyl (C=O) groups is 1. The summed E-state index contributed by atoms with van der Waals surface area (Å²) in [6.45, 7) is 5.79. The Kier molecular flexibility index (Phi) is 26.8. The lowest BCUT2D eigenvalue weighted by Gasteiger charge is -2.15. The van der Waals surface area contributed by atoms with Gasteiger partial charge in [-0.15, -0.1) is 0 Å². The molecule has 1 aromatic rings. The predicted molar refractivity (Wildman–Crippen MR) is 180 cm³/mol. The maximum atomic E-state index is 12.6. The third-order valence-electron chi connectivity index (χ3n) is 8.39. The van der Waals surface area contributed by atoms with Gasteiger partial charge in [0.25, 0.3) is 0 Å². The van der Waals surface area contributed by atoms with Crippen molar-refractivity contribution in [3.63, 3.8) is 0 Å². The van der Waals surface area contributed by atoms with Gasteiger partial charge in [-0.25, -0.2) is 4.79 Å². The molecule has 0 aliphatic heterocycles. The van der Waals surface area contributed by atoms with Crippen LogP contribution in [-0.4, -0.2) is 26.3 Å². The van der Waals surface area contributed by atoms with Crippen LogP contribution in [0.3, 0.4) is 0 Å². The van der Waals surface area contributed by atoms with Gasteiger partial charge < -0.3 is 14.2 Å². The Balaban J connectivity index is 2.16. The van der Waals surface area contributed by atoms with E-state index in [-0.39, 0.29) is 0 Å². The van der Waals surface area contributed by atoms with Gasteiger partial charge in [0.1, 0.15) is 17.1 Å². The van der Waals surface area contributed by atoms with Gasteiger partial charge in [0.2, 0.25) is 0 Å². The average Bonchev–Trinajstić information content (AvgIpc) is 3.01. The number of hydrogen-bond donors (Lipinski definition) is 0. The first kappa shape index (κ1) is 38.3. The van der Waals surface area contributed by atoms with Gasteiger partial charge in [0, 0.05) is 0 Å². The highest BCUT2D eigenvalue weighted by atomic mass is 16.5. The topological polar surface area (TPSA) is 44.8 Å². The third kappa shape index (κ3) is 21.1. The summed E-state index contributed by atoms with van der Waals surface area (Å²) in [7, 11) is 1.42. The van der Waals surface area contributed by atoms with Crippen molar-refractivity contribution in [2.45, 2.75) is 181 Å². The monoisotopic (exact) mass is 589 g/mol. The predicted octanol–water partition coefficient (Wildman–Crippen LogP) is 12.4. The summed E-state index contributed by atoms with van der Waals surface area (Å²) in [5, 5.41) is 0. The number of unbranched alkanes of at least 4 members (excludes halogenated alkanes) is 24. The zero-order valence-corrected chi connectivity index (χ0v) is 28.2. The quantitative estimate of drug-likeness (QED) is 0.0639. The number of esters is 1. The second kappa shape index (κ2) is 29.4. The lowest BCUT2D eigenvalue weighted by molar-refractivity contribution is 0.0590. The first-order valence-corrected chi connectivity index (χ1v) is 18.2. The molecule has 4 heteroatoms. The highest BCUT2D eigenvalue weighted by molar-refractivity contribution is 5.95. The van der Waals surface area contributed by atoms with E-state index in [2.05, 4.69) is 13.8 Å². The highest BCUT2D eigenvalue weighted by Crippen LogP contribution is 2.30. The van der Waals surface area contributed by atoms with E-state index in [4.69, 9.17) is 14.2 Å². The van der Waals surface area contributed by atoms with Crippen molar-refractivity contribution in [2.75, 3.05) is 20.3 Å². The summed E-state index contributed by atoms with van der Waals surface area (Å²) >= 11 is 0. The molecular weight excluding hydrogens is 520 g/mol. The Bertz CT molecular complexity index is 682. The molecule has 0 radical (unpaired) electrons. The highest BCUT2D eigenvalue weighted by Gasteiger charge is 2.19. The number of ether oxygens (including phenoxy) is 3. The molecule has 0 fully saturated rings. The minimum Gasteiger partial charge on any atom is -0.493 e. The van der Waals surface area contributed by atoms with E-state index in [1.165, 1.54) is 161 Å². The molecule has 0 spiro atoms. The number of benzene rings is 1. The molecule has 4 nitrogen and oxygen atoms in total. The maximum absolute atomic E-state index is 12.6. The molecule has 0 heterocycles. The number of methoxy groups -OCH3 is 1. The van der Waals surface area contributed by atoms with Crippen LogP contribution in [0.25, 0.3) is 0 Å². The van der Waals surface area contributed by atoms with Crippen molar-refractivity contribution >= 4 is 5.97 Å². The summed E-state index contributed by atoms with van der Waals surface area (Å²) < 4.78 is 17.2. The first-order valence-electron chi connectivity index (χ1n) is 18.2. The number of hydrogen-bond acceptors (Lipinski definition) is 4. The number of rotatable bonds is 31. The van der Waals surface area contributed by atoms with Gasteiger partial charge in [-0.1, -0.05) is 174 Å². The second-order valence-electron chi connectivity index (χ2n) is 12.3. The Morgan fingerprint density at radius 2 is 0.762 bits per heavy atom. The largest absolute Gasteiger partial charge is 0.493 e. The Morgan fingerprint density at radius 3 is 1.05 bits per heavy atom. The van der Waals surface area contributed by atoms with Crippen molar-refractivity contribution in [3.05, 3.63) is 23.8 Å². The normalized spacial score (nSPS) is 11.1. The molecule has 0 bridgehead atoms. The Labute approximate surface area is 261 Å². The van der Waals surface area contributed by atoms with Crippen LogP contribution in [0, 0.1) is 0 Å². The molecule has 0 aromatic heterocycles. The van der Waals surface area contributed by atoms with Crippen LogP contribution in [0.5, 0.6) is 11.5 Å². The van der Waals surface area contributed by atoms with Crippen LogP contribution in [0.4, 0.5) is 0 Å². The van der Waals surface area contributed by atoms with Gasteiger partial charge in [0.05, 0.1) is 20.3 Å². The minimum absolute atomic E-state index is 0.392. The Morgan fingerprint density at radius 1 is 0.476 bits per heavy atom. The van der Waals surface area contributed by atoms with Gasteiger partial charge in [-0.2, -0.15) is 0 Å². The van der Waals surface area contributed by atoms with Crippen LogP contribution in [0.1, 0.15) is 191 Å². The fourth-order valence-electron chi connectivity index (χ4n) is 5.66. The summed E-state index contributed by atoms with van der Waals surface area (Å²) in [6.07, 6.45) is 34.4. The summed E-state index contributed by atoms with van der Waals surface area (Å²) in [6, 6.07) is 5.61. The third-order valence-corrected chi connectivity index (χ3v) is 8.39. The molecule has 0 N–H and O–H groups in total. The molecule has 1 aromatic carbocycles. The van der Waals surface area contributed by atoms with E-state index in [0.717, 1.165) is 12.8 Å². The van der Waals surface area contributed by atoms with Gasteiger partial charge >= 0.3 is 5.97 Å². The van der Waals surface area contributed by atoms with E-state index in [0.29, 0.717) is 30.3 Å². The first-order chi connectivity index (χ1) is 20.7. The smallest absolute Gasteiger partial charge is 0.345 e. The summed E-state index contributed by atoms with van der Waals surface area (Å²) in [5.41, 5.74) is 0.421. The molecule has 0 aliphatic carbocycles. The number of carbonyl (C=O) groups excluding carboxylic acids is 1. The van der Waals surface area contributed by atoms with Crippen molar-refractivity contribution in [3.8, 4) is 11.5 Å². The molecule has 0 amide bonds. The lowest BCUT2D eigenvalue weighted by atomic mass is 10.0. The fraction of sp³-hybridized carbons (Fsp3) is 0.816. The summed E-state index contributed by atoms with van der Waals surface area (Å²) in [4.78, 5) is 12.6. The molecule has 0 atom stereocenters. The molecule has 42 heavy (non-hydrogen) atoms. The van der Waals surface area contributed by atoms with Crippen molar-refractivity contribution in [2.24, 2.45) is 0 Å². The van der Waals surface area contributed by atoms with E-state index in [1.54, 1.807) is 0 Å². The van der Waals surface area contributed by atoms with Crippen LogP contribution >= 0.6 is 0 Å². The van der Waals surface area contributed by atoms with Crippen molar-refractivity contribution in [1.82, 2.24) is 0 Å². The van der Waals surface area contributed by atoms with Crippen molar-refractivity contribution < 1.29 is 19.0 Å². The molecule has 1 rings (SSSR count). The van der Waals surface area contributed by atoms with Gasteiger partial charge in [0.15, 0.2) is 0 Å². The molecule has 0 saturated heterocycles. The second-order valence-corrected chi connectivity index (χ2v) is 12.3. The van der Waals surface area contributed by atoms with E-state index in [9.17, 15) is 4.79 Å². The van der Waals surface area contributed by atoms with Crippen LogP contribution < -0.4 is 9.47 Å². The molecular formula is C38H68O4. The average molecular weight is 589 g/mol. The van der Waals surface area contributed by atoms with Gasteiger partial charge in [-0.05, 0) is 25.0 Å². The molecule has 0 aliphatic rings. The lowest BCUT2D eigenvalue weighted by Crippen LogP contribution is -2.10. The summed E-state index contributed by atoms with van der Waals surface area (Å²) in [5.74, 6) is 0.753. The van der Waals surface area contributed by atoms with Crippen LogP contribution in [0.2, 0.25) is 0 Å². The standard InChI is InChI=1S/C38H68O4/c1-4-6-8-10-12-14-16-18-20-22-24-26-28-33-41-35-31-30-32-36(37(35)38(39)40-3)42-34-29-27-25-23-21-19-17-15-13-11-9-7-5-2/h30-32H,4-29,33-34H2,1-3H3.